The van der Waals surface area contributed by atoms with Gasteiger partial charge >= 0.3 is 0 Å². The van der Waals surface area contributed by atoms with Crippen LogP contribution in [-0.2, 0) is 0 Å². The highest BCUT2D eigenvalue weighted by molar-refractivity contribution is 5.39. The minimum absolute atomic E-state index is 0.259. The molecule has 0 saturated carbocycles. The lowest BCUT2D eigenvalue weighted by molar-refractivity contribution is 0.0363. The first kappa shape index (κ1) is 18.0. The van der Waals surface area contributed by atoms with Gasteiger partial charge in [-0.2, -0.15) is 0 Å². The van der Waals surface area contributed by atoms with Gasteiger partial charge < -0.3 is 14.9 Å². The van der Waals surface area contributed by atoms with Crippen molar-refractivity contribution in [2.24, 2.45) is 0 Å². The first-order valence-corrected chi connectivity index (χ1v) is 7.60. The second-order valence-corrected chi connectivity index (χ2v) is 6.08. The first-order valence-electron chi connectivity index (χ1n) is 7.60. The summed E-state index contributed by atoms with van der Waals surface area (Å²) in [6.07, 6.45) is -0.982. The summed E-state index contributed by atoms with van der Waals surface area (Å²) in [4.78, 5) is 2.06. The molecule has 1 aromatic carbocycles. The van der Waals surface area contributed by atoms with E-state index < -0.39 is 12.2 Å². The van der Waals surface area contributed by atoms with Crippen molar-refractivity contribution in [3.63, 3.8) is 0 Å². The van der Waals surface area contributed by atoms with Crippen LogP contribution in [0.2, 0.25) is 0 Å². The normalized spacial score (nSPS) is 14.5. The summed E-state index contributed by atoms with van der Waals surface area (Å²) >= 11 is 0. The summed E-state index contributed by atoms with van der Waals surface area (Å²) in [5.41, 5.74) is 2.15. The molecule has 0 spiro atoms. The van der Waals surface area contributed by atoms with Crippen LogP contribution in [0.4, 0.5) is 0 Å². The minimum Gasteiger partial charge on any atom is -0.490 e. The largest absolute Gasteiger partial charge is 0.490 e. The van der Waals surface area contributed by atoms with Crippen molar-refractivity contribution < 1.29 is 14.9 Å². The van der Waals surface area contributed by atoms with E-state index in [0.29, 0.717) is 13.1 Å². The molecule has 0 amide bonds. The van der Waals surface area contributed by atoms with E-state index >= 15 is 0 Å². The Hall–Kier alpha value is -1.10. The molecule has 0 fully saturated rings. The zero-order chi connectivity index (χ0) is 16.0. The van der Waals surface area contributed by atoms with Crippen LogP contribution in [0.5, 0.6) is 5.75 Å². The molecule has 0 bridgehead atoms. The van der Waals surface area contributed by atoms with Crippen LogP contribution in [0.15, 0.2) is 18.2 Å². The molecule has 0 aliphatic carbocycles. The number of aliphatic hydroxyl groups excluding tert-OH is 2. The Morgan fingerprint density at radius 3 is 2.10 bits per heavy atom. The fourth-order valence-electron chi connectivity index (χ4n) is 2.37. The molecule has 0 saturated heterocycles. The zero-order valence-corrected chi connectivity index (χ0v) is 13.8. The van der Waals surface area contributed by atoms with Gasteiger partial charge in [0.15, 0.2) is 0 Å². The molecular formula is C17H29NO3. The zero-order valence-electron chi connectivity index (χ0n) is 13.8. The minimum atomic E-state index is -0.579. The van der Waals surface area contributed by atoms with Crippen molar-refractivity contribution >= 4 is 0 Å². The van der Waals surface area contributed by atoms with E-state index in [9.17, 15) is 10.2 Å². The Labute approximate surface area is 128 Å². The molecule has 1 aromatic rings. The molecule has 0 aromatic heterocycles. The smallest absolute Gasteiger partial charge is 0.125 e. The summed E-state index contributed by atoms with van der Waals surface area (Å²) < 4.78 is 5.78. The molecule has 120 valence electrons. The molecule has 0 heterocycles. The van der Waals surface area contributed by atoms with Gasteiger partial charge in [0.25, 0.3) is 0 Å². The van der Waals surface area contributed by atoms with E-state index in [0.717, 1.165) is 16.9 Å². The van der Waals surface area contributed by atoms with Gasteiger partial charge in [0.05, 0.1) is 6.10 Å². The van der Waals surface area contributed by atoms with Crippen LogP contribution in [0.25, 0.3) is 0 Å². The number of aryl methyl sites for hydroxylation is 2. The van der Waals surface area contributed by atoms with E-state index in [-0.39, 0.29) is 12.6 Å². The predicted molar refractivity (Wildman–Crippen MR) is 85.8 cm³/mol. The van der Waals surface area contributed by atoms with Crippen molar-refractivity contribution in [3.8, 4) is 5.75 Å². The third-order valence-corrected chi connectivity index (χ3v) is 3.50. The maximum absolute atomic E-state index is 10.2. The SMILES string of the molecule is Cc1cccc(C)c1OCC(O)CN(CC(C)O)C(C)C. The van der Waals surface area contributed by atoms with Crippen LogP contribution in [0.1, 0.15) is 31.9 Å². The van der Waals surface area contributed by atoms with Crippen LogP contribution in [0.3, 0.4) is 0 Å². The van der Waals surface area contributed by atoms with Gasteiger partial charge in [0, 0.05) is 19.1 Å². The number of rotatable bonds is 8. The molecule has 21 heavy (non-hydrogen) atoms. The number of hydrogen-bond acceptors (Lipinski definition) is 4. The standard InChI is InChI=1S/C17H29NO3/c1-12(2)18(9-15(5)19)10-16(20)11-21-17-13(3)7-6-8-14(17)4/h6-8,12,15-16,19-20H,9-11H2,1-5H3. The maximum atomic E-state index is 10.2. The van der Waals surface area contributed by atoms with Crippen molar-refractivity contribution in [1.29, 1.82) is 0 Å². The molecular weight excluding hydrogens is 266 g/mol. The van der Waals surface area contributed by atoms with Gasteiger partial charge in [0.1, 0.15) is 18.5 Å². The second kappa shape index (κ2) is 8.37. The van der Waals surface area contributed by atoms with Crippen molar-refractivity contribution in [2.75, 3.05) is 19.7 Å². The average molecular weight is 295 g/mol. The molecule has 2 unspecified atom stereocenters. The lowest BCUT2D eigenvalue weighted by atomic mass is 10.1. The van der Waals surface area contributed by atoms with Gasteiger partial charge in [-0.15, -0.1) is 0 Å². The first-order chi connectivity index (χ1) is 9.81. The summed E-state index contributed by atoms with van der Waals surface area (Å²) in [5.74, 6) is 0.850. The molecule has 1 rings (SSSR count). The van der Waals surface area contributed by atoms with Crippen LogP contribution < -0.4 is 4.74 Å². The number of aliphatic hydroxyl groups is 2. The van der Waals surface area contributed by atoms with Gasteiger partial charge in [-0.3, -0.25) is 4.90 Å². The highest BCUT2D eigenvalue weighted by Gasteiger charge is 2.17. The summed E-state index contributed by atoms with van der Waals surface area (Å²) in [7, 11) is 0. The highest BCUT2D eigenvalue weighted by atomic mass is 16.5. The topological polar surface area (TPSA) is 52.9 Å². The Bertz CT molecular complexity index is 412. The number of benzene rings is 1. The molecule has 0 aliphatic heterocycles. The Morgan fingerprint density at radius 1 is 1.05 bits per heavy atom. The average Bonchev–Trinajstić information content (AvgIpc) is 2.36. The third-order valence-electron chi connectivity index (χ3n) is 3.50. The molecule has 4 nitrogen and oxygen atoms in total. The van der Waals surface area contributed by atoms with Crippen molar-refractivity contribution in [1.82, 2.24) is 4.90 Å². The lowest BCUT2D eigenvalue weighted by Crippen LogP contribution is -2.43. The number of nitrogens with zero attached hydrogens (tertiary/aromatic N) is 1. The lowest BCUT2D eigenvalue weighted by Gasteiger charge is -2.29. The third kappa shape index (κ3) is 6.04. The van der Waals surface area contributed by atoms with E-state index in [2.05, 4.69) is 18.7 Å². The van der Waals surface area contributed by atoms with E-state index in [4.69, 9.17) is 4.74 Å². The van der Waals surface area contributed by atoms with Crippen LogP contribution in [0, 0.1) is 13.8 Å². The molecule has 2 N–H and O–H groups in total. The fourth-order valence-corrected chi connectivity index (χ4v) is 2.37. The van der Waals surface area contributed by atoms with Crippen LogP contribution >= 0.6 is 0 Å². The maximum Gasteiger partial charge on any atom is 0.125 e. The quantitative estimate of drug-likeness (QED) is 0.771. The van der Waals surface area contributed by atoms with E-state index in [1.54, 1.807) is 6.92 Å². The Kier molecular flexibility index (Phi) is 7.15. The van der Waals surface area contributed by atoms with E-state index in [1.165, 1.54) is 0 Å². The number of ether oxygens (including phenoxy) is 1. The van der Waals surface area contributed by atoms with Gasteiger partial charge in [-0.25, -0.2) is 0 Å². The molecule has 0 aliphatic rings. The second-order valence-electron chi connectivity index (χ2n) is 6.08. The van der Waals surface area contributed by atoms with Crippen molar-refractivity contribution in [2.45, 2.75) is 52.9 Å². The highest BCUT2D eigenvalue weighted by Crippen LogP contribution is 2.22. The monoisotopic (exact) mass is 295 g/mol. The summed E-state index contributed by atoms with van der Waals surface area (Å²) in [6.45, 7) is 11.2. The number of para-hydroxylation sites is 1. The van der Waals surface area contributed by atoms with Crippen molar-refractivity contribution in [3.05, 3.63) is 29.3 Å². The van der Waals surface area contributed by atoms with Gasteiger partial charge in [-0.05, 0) is 45.7 Å². The summed E-state index contributed by atoms with van der Waals surface area (Å²) in [6, 6.07) is 6.27. The van der Waals surface area contributed by atoms with Gasteiger partial charge in [-0.1, -0.05) is 18.2 Å². The molecule has 4 heteroatoms. The molecule has 2 atom stereocenters. The fraction of sp³-hybridized carbons (Fsp3) is 0.647. The number of hydrogen-bond donors (Lipinski definition) is 2. The van der Waals surface area contributed by atoms with Gasteiger partial charge in [0.2, 0.25) is 0 Å². The predicted octanol–water partition coefficient (Wildman–Crippen LogP) is 2.13. The Morgan fingerprint density at radius 2 is 1.62 bits per heavy atom. The Balaban J connectivity index is 2.54. The summed E-state index contributed by atoms with van der Waals surface area (Å²) in [5, 5.41) is 19.7. The van der Waals surface area contributed by atoms with Crippen LogP contribution in [-0.4, -0.2) is 53.1 Å². The molecule has 0 radical (unpaired) electrons. The van der Waals surface area contributed by atoms with E-state index in [1.807, 2.05) is 32.0 Å².